The zero-order valence-electron chi connectivity index (χ0n) is 16.7. The zero-order valence-corrected chi connectivity index (χ0v) is 16.7. The summed E-state index contributed by atoms with van der Waals surface area (Å²) in [5.41, 5.74) is 2.60. The number of fused-ring (bicyclic) bond motifs is 13. The van der Waals surface area contributed by atoms with Gasteiger partial charge in [-0.25, -0.2) is 0 Å². The average Bonchev–Trinajstić information content (AvgIpc) is 3.12. The Labute approximate surface area is 173 Å². The van der Waals surface area contributed by atoms with Gasteiger partial charge in [0, 0.05) is 34.1 Å². The average molecular weight is 381 g/mol. The maximum absolute atomic E-state index is 2.37. The Balaban J connectivity index is 2.02. The monoisotopic (exact) mass is 381 g/mol. The van der Waals surface area contributed by atoms with Crippen molar-refractivity contribution in [2.24, 2.45) is 7.05 Å². The quantitative estimate of drug-likeness (QED) is 0.235. The first-order valence-corrected chi connectivity index (χ1v) is 10.5. The molecule has 7 rings (SSSR count). The van der Waals surface area contributed by atoms with Crippen molar-refractivity contribution in [1.29, 1.82) is 0 Å². The third-order valence-corrected chi connectivity index (χ3v) is 6.74. The highest BCUT2D eigenvalue weighted by Gasteiger charge is 2.19. The zero-order chi connectivity index (χ0) is 19.8. The van der Waals surface area contributed by atoms with Crippen LogP contribution in [0.25, 0.3) is 64.9 Å². The van der Waals surface area contributed by atoms with E-state index in [2.05, 4.69) is 109 Å². The molecule has 0 fully saturated rings. The van der Waals surface area contributed by atoms with Crippen LogP contribution in [0, 0.1) is 0 Å². The summed E-state index contributed by atoms with van der Waals surface area (Å²) in [5, 5.41) is 13.4. The van der Waals surface area contributed by atoms with Crippen molar-refractivity contribution < 1.29 is 0 Å². The molecule has 0 spiro atoms. The van der Waals surface area contributed by atoms with Crippen molar-refractivity contribution >= 4 is 64.9 Å². The molecule has 1 aromatic heterocycles. The van der Waals surface area contributed by atoms with Crippen LogP contribution < -0.4 is 0 Å². The van der Waals surface area contributed by atoms with Crippen LogP contribution in [-0.2, 0) is 7.05 Å². The summed E-state index contributed by atoms with van der Waals surface area (Å²) in [4.78, 5) is 0. The van der Waals surface area contributed by atoms with Gasteiger partial charge in [-0.1, -0.05) is 91.0 Å². The van der Waals surface area contributed by atoms with Gasteiger partial charge in [-0.15, -0.1) is 0 Å². The number of rotatable bonds is 0. The van der Waals surface area contributed by atoms with E-state index in [1.165, 1.54) is 64.9 Å². The normalized spacial score (nSPS) is 12.2. The number of hydrogen-bond acceptors (Lipinski definition) is 0. The molecule has 0 aliphatic carbocycles. The van der Waals surface area contributed by atoms with Crippen LogP contribution in [0.3, 0.4) is 0 Å². The van der Waals surface area contributed by atoms with Crippen molar-refractivity contribution in [3.8, 4) is 0 Å². The molecule has 0 unspecified atom stereocenters. The Hall–Kier alpha value is -3.84. The van der Waals surface area contributed by atoms with Crippen LogP contribution in [0.5, 0.6) is 0 Å². The summed E-state index contributed by atoms with van der Waals surface area (Å²) in [6.07, 6.45) is 0. The summed E-state index contributed by atoms with van der Waals surface area (Å²) in [5.74, 6) is 0. The fourth-order valence-electron chi connectivity index (χ4n) is 5.55. The lowest BCUT2D eigenvalue weighted by Crippen LogP contribution is -1.90. The first-order valence-electron chi connectivity index (χ1n) is 10.5. The van der Waals surface area contributed by atoms with Crippen molar-refractivity contribution in [2.75, 3.05) is 0 Å². The van der Waals surface area contributed by atoms with Gasteiger partial charge < -0.3 is 4.57 Å². The molecule has 0 N–H and O–H groups in total. The van der Waals surface area contributed by atoms with Crippen molar-refractivity contribution in [3.63, 3.8) is 0 Å². The Bertz CT molecular complexity index is 1800. The molecule has 140 valence electrons. The highest BCUT2D eigenvalue weighted by atomic mass is 14.9. The SMILES string of the molecule is Cn1c2ccccc2c2c3c4ccccc4c4ccccc4c3c3ccccc3c21. The molecule has 0 bridgehead atoms. The molecule has 1 heterocycles. The second-order valence-electron chi connectivity index (χ2n) is 8.19. The maximum Gasteiger partial charge on any atom is 0.0575 e. The molecule has 0 aliphatic heterocycles. The van der Waals surface area contributed by atoms with E-state index in [0.717, 1.165) is 0 Å². The van der Waals surface area contributed by atoms with E-state index < -0.39 is 0 Å². The topological polar surface area (TPSA) is 4.93 Å². The van der Waals surface area contributed by atoms with Gasteiger partial charge in [0.05, 0.1) is 5.52 Å². The predicted octanol–water partition coefficient (Wildman–Crippen LogP) is 7.94. The van der Waals surface area contributed by atoms with Crippen LogP contribution in [0.1, 0.15) is 0 Å². The number of benzene rings is 6. The van der Waals surface area contributed by atoms with Crippen LogP contribution in [-0.4, -0.2) is 4.57 Å². The summed E-state index contributed by atoms with van der Waals surface area (Å²) in [6.45, 7) is 0. The minimum atomic E-state index is 1.28. The van der Waals surface area contributed by atoms with Gasteiger partial charge in [0.15, 0.2) is 0 Å². The lowest BCUT2D eigenvalue weighted by atomic mass is 9.88. The second-order valence-corrected chi connectivity index (χ2v) is 8.19. The van der Waals surface area contributed by atoms with Crippen LogP contribution in [0.15, 0.2) is 97.1 Å². The van der Waals surface area contributed by atoms with Gasteiger partial charge in [0.2, 0.25) is 0 Å². The highest BCUT2D eigenvalue weighted by Crippen LogP contribution is 2.46. The molecular formula is C29H19N. The molecule has 0 radical (unpaired) electrons. The second kappa shape index (κ2) is 5.61. The molecule has 0 atom stereocenters. The third kappa shape index (κ3) is 1.83. The molecule has 1 heteroatoms. The molecule has 7 aromatic rings. The van der Waals surface area contributed by atoms with Crippen molar-refractivity contribution in [1.82, 2.24) is 4.57 Å². The third-order valence-electron chi connectivity index (χ3n) is 6.74. The Kier molecular flexibility index (Phi) is 2.99. The molecule has 6 aromatic carbocycles. The molecule has 0 saturated carbocycles. The Morgan fingerprint density at radius 1 is 0.400 bits per heavy atom. The molecule has 0 saturated heterocycles. The minimum absolute atomic E-state index is 1.28. The lowest BCUT2D eigenvalue weighted by Gasteiger charge is -2.15. The number of para-hydroxylation sites is 1. The summed E-state index contributed by atoms with van der Waals surface area (Å²) in [6, 6.07) is 35.4. The minimum Gasteiger partial charge on any atom is -0.343 e. The maximum atomic E-state index is 2.37. The smallest absolute Gasteiger partial charge is 0.0575 e. The number of aryl methyl sites for hydroxylation is 1. The fourth-order valence-corrected chi connectivity index (χ4v) is 5.55. The fraction of sp³-hybridized carbons (Fsp3) is 0.0345. The molecule has 0 amide bonds. The number of hydrogen-bond donors (Lipinski definition) is 0. The van der Waals surface area contributed by atoms with Crippen LogP contribution in [0.4, 0.5) is 0 Å². The molecule has 30 heavy (non-hydrogen) atoms. The number of nitrogens with zero attached hydrogens (tertiary/aromatic N) is 1. The first-order chi connectivity index (χ1) is 14.8. The van der Waals surface area contributed by atoms with E-state index in [9.17, 15) is 0 Å². The Morgan fingerprint density at radius 2 is 0.833 bits per heavy atom. The molecular weight excluding hydrogens is 362 g/mol. The molecule has 0 aliphatic rings. The predicted molar refractivity (Wildman–Crippen MR) is 130 cm³/mol. The van der Waals surface area contributed by atoms with E-state index >= 15 is 0 Å². The summed E-state index contributed by atoms with van der Waals surface area (Å²) < 4.78 is 2.37. The van der Waals surface area contributed by atoms with Gasteiger partial charge in [-0.05, 0) is 38.4 Å². The van der Waals surface area contributed by atoms with Crippen molar-refractivity contribution in [3.05, 3.63) is 97.1 Å². The summed E-state index contributed by atoms with van der Waals surface area (Å²) in [7, 11) is 2.20. The van der Waals surface area contributed by atoms with Gasteiger partial charge in [0.1, 0.15) is 0 Å². The van der Waals surface area contributed by atoms with Crippen LogP contribution >= 0.6 is 0 Å². The first kappa shape index (κ1) is 16.0. The van der Waals surface area contributed by atoms with E-state index in [4.69, 9.17) is 0 Å². The van der Waals surface area contributed by atoms with E-state index in [1.54, 1.807) is 0 Å². The van der Waals surface area contributed by atoms with Gasteiger partial charge in [-0.3, -0.25) is 0 Å². The standard InChI is InChI=1S/C29H19N/c1-30-25-17-9-8-16-24(25)28-27-21-13-5-3-11-19(21)18-10-2-4-12-20(18)26(27)22-14-6-7-15-23(22)29(28)30/h2-17H,1H3. The van der Waals surface area contributed by atoms with Gasteiger partial charge in [0.25, 0.3) is 0 Å². The highest BCUT2D eigenvalue weighted by molar-refractivity contribution is 6.42. The summed E-state index contributed by atoms with van der Waals surface area (Å²) >= 11 is 0. The van der Waals surface area contributed by atoms with E-state index in [0.29, 0.717) is 0 Å². The van der Waals surface area contributed by atoms with Gasteiger partial charge >= 0.3 is 0 Å². The van der Waals surface area contributed by atoms with E-state index in [-0.39, 0.29) is 0 Å². The molecule has 1 nitrogen and oxygen atoms in total. The van der Waals surface area contributed by atoms with E-state index in [1.807, 2.05) is 0 Å². The van der Waals surface area contributed by atoms with Crippen molar-refractivity contribution in [2.45, 2.75) is 0 Å². The number of aromatic nitrogens is 1. The Morgan fingerprint density at radius 3 is 1.47 bits per heavy atom. The lowest BCUT2D eigenvalue weighted by molar-refractivity contribution is 1.02. The van der Waals surface area contributed by atoms with Gasteiger partial charge in [-0.2, -0.15) is 0 Å². The van der Waals surface area contributed by atoms with Crippen LogP contribution in [0.2, 0.25) is 0 Å². The largest absolute Gasteiger partial charge is 0.343 e.